The van der Waals surface area contributed by atoms with Gasteiger partial charge in [-0.05, 0) is 45.2 Å². The zero-order chi connectivity index (χ0) is 19.5. The average molecular weight is 364 g/mol. The van der Waals surface area contributed by atoms with Crippen molar-refractivity contribution < 1.29 is 24.0 Å². The number of rotatable bonds is 3. The Morgan fingerprint density at radius 2 is 1.85 bits per heavy atom. The first kappa shape index (κ1) is 19.7. The van der Waals surface area contributed by atoms with Gasteiger partial charge in [0.2, 0.25) is 0 Å². The van der Waals surface area contributed by atoms with E-state index in [1.807, 2.05) is 6.92 Å². The fraction of sp³-hybridized carbons (Fsp3) is 0.556. The summed E-state index contributed by atoms with van der Waals surface area (Å²) in [4.78, 5) is 36.2. The van der Waals surface area contributed by atoms with Gasteiger partial charge >= 0.3 is 12.1 Å². The highest BCUT2D eigenvalue weighted by Crippen LogP contribution is 2.23. The number of benzene rings is 1. The largest absolute Gasteiger partial charge is 0.457 e. The van der Waals surface area contributed by atoms with E-state index in [0.717, 1.165) is 0 Å². The van der Waals surface area contributed by atoms with Crippen molar-refractivity contribution in [2.45, 2.75) is 45.8 Å². The SMILES string of the molecule is C[C@H]1CCN(C(=O)OC(C)(C)C)C[C@H]1OC(=O)c1ccc([N+](=O)[O-])cc1. The van der Waals surface area contributed by atoms with E-state index < -0.39 is 28.7 Å². The van der Waals surface area contributed by atoms with Crippen molar-refractivity contribution in [3.8, 4) is 0 Å². The van der Waals surface area contributed by atoms with E-state index in [1.165, 1.54) is 24.3 Å². The number of hydrogen-bond donors (Lipinski definition) is 0. The Kier molecular flexibility index (Phi) is 5.84. The highest BCUT2D eigenvalue weighted by atomic mass is 16.6. The van der Waals surface area contributed by atoms with E-state index in [9.17, 15) is 19.7 Å². The molecule has 1 aromatic rings. The van der Waals surface area contributed by atoms with Gasteiger partial charge in [-0.2, -0.15) is 0 Å². The summed E-state index contributed by atoms with van der Waals surface area (Å²) in [5.74, 6) is -0.474. The van der Waals surface area contributed by atoms with Gasteiger partial charge in [-0.15, -0.1) is 0 Å². The lowest BCUT2D eigenvalue weighted by Crippen LogP contribution is -2.49. The van der Waals surface area contributed by atoms with E-state index >= 15 is 0 Å². The fourth-order valence-electron chi connectivity index (χ4n) is 2.60. The van der Waals surface area contributed by atoms with E-state index in [1.54, 1.807) is 25.7 Å². The molecular weight excluding hydrogens is 340 g/mol. The lowest BCUT2D eigenvalue weighted by atomic mass is 9.96. The topological polar surface area (TPSA) is 99.0 Å². The highest BCUT2D eigenvalue weighted by Gasteiger charge is 2.33. The summed E-state index contributed by atoms with van der Waals surface area (Å²) in [6, 6.07) is 5.24. The lowest BCUT2D eigenvalue weighted by molar-refractivity contribution is -0.384. The number of esters is 1. The molecule has 0 N–H and O–H groups in total. The number of likely N-dealkylation sites (tertiary alicyclic amines) is 1. The third-order valence-electron chi connectivity index (χ3n) is 4.11. The Hall–Kier alpha value is -2.64. The number of hydrogen-bond acceptors (Lipinski definition) is 6. The van der Waals surface area contributed by atoms with E-state index in [-0.39, 0.29) is 23.7 Å². The summed E-state index contributed by atoms with van der Waals surface area (Å²) in [6.45, 7) is 8.15. The number of nitrogens with zero attached hydrogens (tertiary/aromatic N) is 2. The van der Waals surface area contributed by atoms with Crippen molar-refractivity contribution >= 4 is 17.7 Å². The molecule has 0 aromatic heterocycles. The maximum absolute atomic E-state index is 12.3. The molecule has 0 spiro atoms. The molecule has 1 aliphatic rings. The number of ether oxygens (including phenoxy) is 2. The zero-order valence-corrected chi connectivity index (χ0v) is 15.4. The molecule has 1 fully saturated rings. The minimum Gasteiger partial charge on any atom is -0.457 e. The number of piperidine rings is 1. The summed E-state index contributed by atoms with van der Waals surface area (Å²) in [5.41, 5.74) is -0.452. The summed E-state index contributed by atoms with van der Waals surface area (Å²) in [5, 5.41) is 10.7. The Morgan fingerprint density at radius 3 is 2.38 bits per heavy atom. The Morgan fingerprint density at radius 1 is 1.23 bits per heavy atom. The molecule has 0 unspecified atom stereocenters. The number of non-ortho nitro benzene ring substituents is 1. The van der Waals surface area contributed by atoms with Crippen LogP contribution in [0.25, 0.3) is 0 Å². The van der Waals surface area contributed by atoms with Crippen LogP contribution in [0.3, 0.4) is 0 Å². The minimum atomic E-state index is -0.592. The lowest BCUT2D eigenvalue weighted by Gasteiger charge is -2.37. The van der Waals surface area contributed by atoms with Gasteiger partial charge in [-0.25, -0.2) is 9.59 Å². The first-order valence-corrected chi connectivity index (χ1v) is 8.50. The van der Waals surface area contributed by atoms with Crippen LogP contribution in [0.4, 0.5) is 10.5 Å². The van der Waals surface area contributed by atoms with Crippen LogP contribution >= 0.6 is 0 Å². The van der Waals surface area contributed by atoms with Gasteiger partial charge in [0.05, 0.1) is 17.0 Å². The minimum absolute atomic E-state index is 0.0932. The van der Waals surface area contributed by atoms with Crippen molar-refractivity contribution in [2.24, 2.45) is 5.92 Å². The molecule has 2 rings (SSSR count). The van der Waals surface area contributed by atoms with Crippen LogP contribution in [0.2, 0.25) is 0 Å². The summed E-state index contributed by atoms with van der Waals surface area (Å²) >= 11 is 0. The molecule has 1 amide bonds. The predicted octanol–water partition coefficient (Wildman–Crippen LogP) is 3.40. The van der Waals surface area contributed by atoms with Crippen molar-refractivity contribution in [2.75, 3.05) is 13.1 Å². The summed E-state index contributed by atoms with van der Waals surface area (Å²) in [6.07, 6.45) is -0.197. The predicted molar refractivity (Wildman–Crippen MR) is 93.9 cm³/mol. The summed E-state index contributed by atoms with van der Waals surface area (Å²) < 4.78 is 10.9. The Labute approximate surface area is 152 Å². The van der Waals surface area contributed by atoms with Crippen LogP contribution in [-0.2, 0) is 9.47 Å². The van der Waals surface area contributed by atoms with Crippen molar-refractivity contribution in [1.82, 2.24) is 4.90 Å². The number of nitro benzene ring substituents is 1. The van der Waals surface area contributed by atoms with Crippen LogP contribution < -0.4 is 0 Å². The molecule has 0 saturated carbocycles. The molecule has 26 heavy (non-hydrogen) atoms. The maximum atomic E-state index is 12.3. The van der Waals surface area contributed by atoms with Crippen molar-refractivity contribution in [3.05, 3.63) is 39.9 Å². The molecule has 8 nitrogen and oxygen atoms in total. The first-order chi connectivity index (χ1) is 12.1. The van der Waals surface area contributed by atoms with Gasteiger partial charge in [0.1, 0.15) is 11.7 Å². The molecular formula is C18H24N2O6. The zero-order valence-electron chi connectivity index (χ0n) is 15.4. The molecule has 1 heterocycles. The molecule has 1 aromatic carbocycles. The normalized spacial score (nSPS) is 20.4. The van der Waals surface area contributed by atoms with Crippen molar-refractivity contribution in [1.29, 1.82) is 0 Å². The van der Waals surface area contributed by atoms with Gasteiger partial charge in [0, 0.05) is 18.7 Å². The van der Waals surface area contributed by atoms with Crippen LogP contribution in [0.15, 0.2) is 24.3 Å². The summed E-state index contributed by atoms with van der Waals surface area (Å²) in [7, 11) is 0. The average Bonchev–Trinajstić information content (AvgIpc) is 2.55. The van der Waals surface area contributed by atoms with Gasteiger partial charge in [0.25, 0.3) is 5.69 Å². The molecule has 0 aliphatic carbocycles. The second-order valence-corrected chi connectivity index (χ2v) is 7.44. The smallest absolute Gasteiger partial charge is 0.410 e. The third kappa shape index (κ3) is 5.18. The number of carbonyl (C=O) groups is 2. The number of nitro groups is 1. The standard InChI is InChI=1S/C18H24N2O6/c1-12-9-10-19(17(22)26-18(2,3)4)11-15(12)25-16(21)13-5-7-14(8-6-13)20(23)24/h5-8,12,15H,9-11H2,1-4H3/t12-,15+/m0/s1. The second-order valence-electron chi connectivity index (χ2n) is 7.44. The molecule has 8 heteroatoms. The second kappa shape index (κ2) is 7.72. The highest BCUT2D eigenvalue weighted by molar-refractivity contribution is 5.89. The molecule has 0 radical (unpaired) electrons. The fourth-order valence-corrected chi connectivity index (χ4v) is 2.60. The number of carbonyl (C=O) groups excluding carboxylic acids is 2. The Bertz CT molecular complexity index is 680. The third-order valence-corrected chi connectivity index (χ3v) is 4.11. The first-order valence-electron chi connectivity index (χ1n) is 8.50. The monoisotopic (exact) mass is 364 g/mol. The van der Waals surface area contributed by atoms with Crippen LogP contribution in [-0.4, -0.2) is 46.7 Å². The molecule has 142 valence electrons. The molecule has 1 saturated heterocycles. The van der Waals surface area contributed by atoms with E-state index in [0.29, 0.717) is 13.0 Å². The van der Waals surface area contributed by atoms with E-state index in [2.05, 4.69) is 0 Å². The van der Waals surface area contributed by atoms with Crippen LogP contribution in [0.5, 0.6) is 0 Å². The van der Waals surface area contributed by atoms with Gasteiger partial charge in [-0.1, -0.05) is 6.92 Å². The number of amides is 1. The Balaban J connectivity index is 2.01. The maximum Gasteiger partial charge on any atom is 0.410 e. The molecule has 1 aliphatic heterocycles. The molecule has 2 atom stereocenters. The van der Waals surface area contributed by atoms with E-state index in [4.69, 9.17) is 9.47 Å². The van der Waals surface area contributed by atoms with Crippen molar-refractivity contribution in [3.63, 3.8) is 0 Å². The van der Waals surface area contributed by atoms with Gasteiger partial charge in [-0.3, -0.25) is 10.1 Å². The van der Waals surface area contributed by atoms with Crippen LogP contribution in [0.1, 0.15) is 44.5 Å². The van der Waals surface area contributed by atoms with Gasteiger partial charge in [0.15, 0.2) is 0 Å². The quantitative estimate of drug-likeness (QED) is 0.463. The van der Waals surface area contributed by atoms with Crippen LogP contribution in [0, 0.1) is 16.0 Å². The molecule has 0 bridgehead atoms. The van der Waals surface area contributed by atoms with Gasteiger partial charge < -0.3 is 14.4 Å².